The fourth-order valence-corrected chi connectivity index (χ4v) is 4.11. The van der Waals surface area contributed by atoms with Gasteiger partial charge in [-0.3, -0.25) is 4.31 Å². The van der Waals surface area contributed by atoms with Gasteiger partial charge in [-0.05, 0) is 18.6 Å². The fraction of sp³-hybridized carbons (Fsp3) is 0.571. The number of nitrogens with zero attached hydrogens (tertiary/aromatic N) is 1. The number of hydrogen-bond donors (Lipinski definition) is 1. The third-order valence-electron chi connectivity index (χ3n) is 3.16. The SMILES string of the molecule is CCCS(=O)(=O)NCCN(c1cc(OC)ccc1OC)S(C)(=O)=O. The minimum atomic E-state index is -3.64. The number of ether oxygens (including phenoxy) is 2. The Kier molecular flexibility index (Phi) is 7.30. The van der Waals surface area contributed by atoms with Crippen LogP contribution in [0.5, 0.6) is 11.5 Å². The first kappa shape index (κ1) is 20.5. The molecule has 24 heavy (non-hydrogen) atoms. The van der Waals surface area contributed by atoms with Crippen LogP contribution in [-0.4, -0.2) is 56.2 Å². The van der Waals surface area contributed by atoms with E-state index in [1.807, 2.05) is 0 Å². The molecule has 0 saturated heterocycles. The first-order chi connectivity index (χ1) is 11.1. The van der Waals surface area contributed by atoms with Gasteiger partial charge in [-0.25, -0.2) is 21.6 Å². The topological polar surface area (TPSA) is 102 Å². The van der Waals surface area contributed by atoms with E-state index in [9.17, 15) is 16.8 Å². The Morgan fingerprint density at radius 3 is 2.29 bits per heavy atom. The summed E-state index contributed by atoms with van der Waals surface area (Å²) < 4.78 is 61.5. The molecule has 0 aliphatic carbocycles. The summed E-state index contributed by atoms with van der Waals surface area (Å²) in [4.78, 5) is 0. The molecule has 1 aromatic rings. The van der Waals surface area contributed by atoms with E-state index in [4.69, 9.17) is 9.47 Å². The Morgan fingerprint density at radius 2 is 1.79 bits per heavy atom. The highest BCUT2D eigenvalue weighted by Gasteiger charge is 2.22. The lowest BCUT2D eigenvalue weighted by Gasteiger charge is -2.24. The van der Waals surface area contributed by atoms with Crippen molar-refractivity contribution in [2.24, 2.45) is 0 Å². The van der Waals surface area contributed by atoms with Gasteiger partial charge < -0.3 is 9.47 Å². The molecule has 1 N–H and O–H groups in total. The van der Waals surface area contributed by atoms with E-state index in [0.29, 0.717) is 17.9 Å². The highest BCUT2D eigenvalue weighted by molar-refractivity contribution is 7.92. The fourth-order valence-electron chi connectivity index (χ4n) is 2.10. The van der Waals surface area contributed by atoms with E-state index in [2.05, 4.69) is 4.72 Å². The van der Waals surface area contributed by atoms with Crippen LogP contribution in [0.25, 0.3) is 0 Å². The van der Waals surface area contributed by atoms with Crippen LogP contribution in [0.3, 0.4) is 0 Å². The molecular weight excluding hydrogens is 356 g/mol. The molecule has 0 bridgehead atoms. The molecule has 0 aliphatic rings. The molecule has 10 heteroatoms. The second kappa shape index (κ2) is 8.54. The average molecular weight is 380 g/mol. The van der Waals surface area contributed by atoms with Gasteiger partial charge >= 0.3 is 0 Å². The molecule has 0 amide bonds. The summed E-state index contributed by atoms with van der Waals surface area (Å²) in [5.41, 5.74) is 0.286. The van der Waals surface area contributed by atoms with Gasteiger partial charge in [0.05, 0.1) is 31.9 Å². The summed E-state index contributed by atoms with van der Waals surface area (Å²) in [7, 11) is -4.16. The maximum Gasteiger partial charge on any atom is 0.232 e. The van der Waals surface area contributed by atoms with Crippen molar-refractivity contribution >= 4 is 25.7 Å². The van der Waals surface area contributed by atoms with E-state index < -0.39 is 20.0 Å². The number of benzene rings is 1. The smallest absolute Gasteiger partial charge is 0.232 e. The third kappa shape index (κ3) is 5.84. The van der Waals surface area contributed by atoms with Crippen molar-refractivity contribution in [1.29, 1.82) is 0 Å². The first-order valence-electron chi connectivity index (χ1n) is 7.31. The minimum absolute atomic E-state index is 0.00560. The first-order valence-corrected chi connectivity index (χ1v) is 10.8. The second-order valence-corrected chi connectivity index (χ2v) is 8.92. The van der Waals surface area contributed by atoms with E-state index >= 15 is 0 Å². The van der Waals surface area contributed by atoms with Crippen LogP contribution in [0.1, 0.15) is 13.3 Å². The molecule has 8 nitrogen and oxygen atoms in total. The lowest BCUT2D eigenvalue weighted by molar-refractivity contribution is 0.403. The van der Waals surface area contributed by atoms with Gasteiger partial charge in [0.2, 0.25) is 20.0 Å². The van der Waals surface area contributed by atoms with Crippen LogP contribution in [0, 0.1) is 0 Å². The molecule has 0 aliphatic heterocycles. The highest BCUT2D eigenvalue weighted by Crippen LogP contribution is 2.33. The van der Waals surface area contributed by atoms with Gasteiger partial charge in [-0.2, -0.15) is 0 Å². The zero-order valence-electron chi connectivity index (χ0n) is 14.3. The molecular formula is C14H24N2O6S2. The van der Waals surface area contributed by atoms with Gasteiger partial charge in [0, 0.05) is 19.2 Å². The molecule has 0 unspecified atom stereocenters. The molecule has 1 aromatic carbocycles. The summed E-state index contributed by atoms with van der Waals surface area (Å²) in [6.45, 7) is 1.64. The summed E-state index contributed by atoms with van der Waals surface area (Å²) >= 11 is 0. The van der Waals surface area contributed by atoms with E-state index in [1.165, 1.54) is 20.3 Å². The zero-order valence-corrected chi connectivity index (χ0v) is 15.9. The van der Waals surface area contributed by atoms with Crippen molar-refractivity contribution in [3.63, 3.8) is 0 Å². The second-order valence-electron chi connectivity index (χ2n) is 5.09. The van der Waals surface area contributed by atoms with Crippen LogP contribution >= 0.6 is 0 Å². The van der Waals surface area contributed by atoms with Crippen molar-refractivity contribution in [3.8, 4) is 11.5 Å². The number of methoxy groups -OCH3 is 2. The number of nitrogens with one attached hydrogen (secondary N) is 1. The Balaban J connectivity index is 3.08. The maximum atomic E-state index is 12.1. The van der Waals surface area contributed by atoms with Crippen molar-refractivity contribution in [2.45, 2.75) is 13.3 Å². The van der Waals surface area contributed by atoms with Crippen LogP contribution in [0.2, 0.25) is 0 Å². The zero-order chi connectivity index (χ0) is 18.4. The van der Waals surface area contributed by atoms with Gasteiger partial charge in [-0.1, -0.05) is 6.92 Å². The van der Waals surface area contributed by atoms with E-state index in [0.717, 1.165) is 10.6 Å². The van der Waals surface area contributed by atoms with Gasteiger partial charge in [0.25, 0.3) is 0 Å². The Bertz CT molecular complexity index is 747. The van der Waals surface area contributed by atoms with Gasteiger partial charge in [0.15, 0.2) is 0 Å². The number of hydrogen-bond acceptors (Lipinski definition) is 6. The lowest BCUT2D eigenvalue weighted by atomic mass is 10.2. The summed E-state index contributed by atoms with van der Waals surface area (Å²) in [5, 5.41) is 0. The highest BCUT2D eigenvalue weighted by atomic mass is 32.2. The van der Waals surface area contributed by atoms with Crippen molar-refractivity contribution in [1.82, 2.24) is 4.72 Å². The molecule has 0 radical (unpaired) electrons. The molecule has 1 rings (SSSR count). The maximum absolute atomic E-state index is 12.1. The van der Waals surface area contributed by atoms with Crippen LogP contribution in [-0.2, 0) is 20.0 Å². The van der Waals surface area contributed by atoms with Crippen molar-refractivity contribution < 1.29 is 26.3 Å². The number of anilines is 1. The normalized spacial score (nSPS) is 12.0. The summed E-state index contributed by atoms with van der Waals surface area (Å²) in [6.07, 6.45) is 1.53. The standard InChI is InChI=1S/C14H24N2O6S2/c1-5-10-24(19,20)15-8-9-16(23(4,17)18)13-11-12(21-2)6-7-14(13)22-3/h6-7,11,15H,5,8-10H2,1-4H3. The number of sulfonamides is 2. The Morgan fingerprint density at radius 1 is 1.12 bits per heavy atom. The summed E-state index contributed by atoms with van der Waals surface area (Å²) in [6, 6.07) is 4.76. The van der Waals surface area contributed by atoms with Gasteiger partial charge in [-0.15, -0.1) is 0 Å². The minimum Gasteiger partial charge on any atom is -0.497 e. The van der Waals surface area contributed by atoms with Crippen LogP contribution < -0.4 is 18.5 Å². The predicted molar refractivity (Wildman–Crippen MR) is 93.8 cm³/mol. The molecule has 0 fully saturated rings. The predicted octanol–water partition coefficient (Wildman–Crippen LogP) is 0.799. The molecule has 0 spiro atoms. The molecule has 0 saturated carbocycles. The Labute approximate surface area is 143 Å². The Hall–Kier alpha value is -1.52. The molecule has 0 atom stereocenters. The third-order valence-corrected chi connectivity index (χ3v) is 5.93. The van der Waals surface area contributed by atoms with Crippen molar-refractivity contribution in [2.75, 3.05) is 43.6 Å². The van der Waals surface area contributed by atoms with E-state index in [1.54, 1.807) is 19.1 Å². The van der Waals surface area contributed by atoms with Crippen LogP contribution in [0.4, 0.5) is 5.69 Å². The lowest BCUT2D eigenvalue weighted by Crippen LogP contribution is -2.39. The average Bonchev–Trinajstić information content (AvgIpc) is 2.49. The monoisotopic (exact) mass is 380 g/mol. The van der Waals surface area contributed by atoms with Crippen LogP contribution in [0.15, 0.2) is 18.2 Å². The largest absolute Gasteiger partial charge is 0.497 e. The quantitative estimate of drug-likeness (QED) is 0.644. The molecule has 0 heterocycles. The summed E-state index contributed by atoms with van der Waals surface area (Å²) in [5.74, 6) is 0.803. The van der Waals surface area contributed by atoms with Crippen molar-refractivity contribution in [3.05, 3.63) is 18.2 Å². The van der Waals surface area contributed by atoms with E-state index in [-0.39, 0.29) is 24.5 Å². The number of rotatable bonds is 10. The molecule has 0 aromatic heterocycles. The molecule has 138 valence electrons. The van der Waals surface area contributed by atoms with Gasteiger partial charge in [0.1, 0.15) is 11.5 Å².